The average Bonchev–Trinajstić information content (AvgIpc) is 2.89. The van der Waals surface area contributed by atoms with Gasteiger partial charge in [0.15, 0.2) is 0 Å². The Kier molecular flexibility index (Phi) is 4.80. The highest BCUT2D eigenvalue weighted by Crippen LogP contribution is 2.14. The summed E-state index contributed by atoms with van der Waals surface area (Å²) in [6.45, 7) is 0.925. The van der Waals surface area contributed by atoms with Crippen LogP contribution in [0.2, 0.25) is 0 Å². The van der Waals surface area contributed by atoms with Gasteiger partial charge in [0.05, 0.1) is 19.6 Å². The van der Waals surface area contributed by atoms with Crippen molar-refractivity contribution in [3.05, 3.63) is 46.7 Å². The van der Waals surface area contributed by atoms with Crippen molar-refractivity contribution in [2.24, 2.45) is 0 Å². The molecule has 0 fully saturated rings. The molecule has 0 spiro atoms. The van der Waals surface area contributed by atoms with Crippen molar-refractivity contribution in [1.29, 1.82) is 0 Å². The molecule has 0 saturated carbocycles. The summed E-state index contributed by atoms with van der Waals surface area (Å²) in [4.78, 5) is 12.7. The third-order valence-electron chi connectivity index (χ3n) is 2.50. The molecule has 100 valence electrons. The number of carbonyl (C=O) groups excluding carboxylic acids is 1. The third kappa shape index (κ3) is 4.63. The average molecular weight is 276 g/mol. The fourth-order valence-corrected chi connectivity index (χ4v) is 2.20. The molecule has 2 rings (SSSR count). The Labute approximate surface area is 116 Å². The van der Waals surface area contributed by atoms with E-state index in [2.05, 4.69) is 5.32 Å². The molecule has 19 heavy (non-hydrogen) atoms. The van der Waals surface area contributed by atoms with Gasteiger partial charge in [-0.05, 0) is 23.6 Å². The van der Waals surface area contributed by atoms with Gasteiger partial charge in [-0.1, -0.05) is 12.1 Å². The lowest BCUT2D eigenvalue weighted by Crippen LogP contribution is -2.23. The predicted molar refractivity (Wildman–Crippen MR) is 77.1 cm³/mol. The molecule has 1 aromatic carbocycles. The van der Waals surface area contributed by atoms with Gasteiger partial charge in [-0.25, -0.2) is 0 Å². The molecule has 0 bridgehead atoms. The number of nitrogens with two attached hydrogens (primary N) is 1. The zero-order valence-electron chi connectivity index (χ0n) is 10.5. The first-order valence-corrected chi connectivity index (χ1v) is 6.89. The summed E-state index contributed by atoms with van der Waals surface area (Å²) in [6, 6.07) is 11.1. The van der Waals surface area contributed by atoms with E-state index in [4.69, 9.17) is 10.5 Å². The van der Waals surface area contributed by atoms with E-state index < -0.39 is 0 Å². The highest BCUT2D eigenvalue weighted by atomic mass is 32.1. The molecular formula is C14H16N2O2S. The number of anilines is 1. The van der Waals surface area contributed by atoms with Gasteiger partial charge in [-0.3, -0.25) is 4.79 Å². The smallest absolute Gasteiger partial charge is 0.223 e. The van der Waals surface area contributed by atoms with Crippen molar-refractivity contribution in [3.8, 4) is 5.75 Å². The van der Waals surface area contributed by atoms with Crippen LogP contribution in [0.4, 0.5) is 5.69 Å². The number of thiophene rings is 1. The standard InChI is InChI=1S/C14H16N2O2S/c15-11-3-1-4-12(9-11)18-7-6-14(17)16-10-13-5-2-8-19-13/h1-5,8-9H,6-7,10,15H2,(H,16,17). The first kappa shape index (κ1) is 13.4. The van der Waals surface area contributed by atoms with E-state index in [9.17, 15) is 4.79 Å². The number of nitrogen functional groups attached to an aromatic ring is 1. The lowest BCUT2D eigenvalue weighted by Gasteiger charge is -2.07. The zero-order chi connectivity index (χ0) is 13.5. The van der Waals surface area contributed by atoms with Crippen LogP contribution in [0.5, 0.6) is 5.75 Å². The molecule has 1 amide bonds. The Morgan fingerprint density at radius 1 is 1.32 bits per heavy atom. The zero-order valence-corrected chi connectivity index (χ0v) is 11.3. The van der Waals surface area contributed by atoms with E-state index in [-0.39, 0.29) is 5.91 Å². The molecule has 0 aliphatic rings. The molecule has 0 saturated heterocycles. The Morgan fingerprint density at radius 3 is 2.95 bits per heavy atom. The molecule has 1 heterocycles. The lowest BCUT2D eigenvalue weighted by molar-refractivity contribution is -0.121. The van der Waals surface area contributed by atoms with Crippen molar-refractivity contribution in [2.45, 2.75) is 13.0 Å². The molecule has 3 N–H and O–H groups in total. The van der Waals surface area contributed by atoms with Crippen LogP contribution in [0, 0.1) is 0 Å². The van der Waals surface area contributed by atoms with E-state index in [1.54, 1.807) is 23.5 Å². The molecule has 4 nitrogen and oxygen atoms in total. The van der Waals surface area contributed by atoms with E-state index in [0.717, 1.165) is 4.88 Å². The molecule has 0 radical (unpaired) electrons. The minimum Gasteiger partial charge on any atom is -0.493 e. The maximum atomic E-state index is 11.6. The fraction of sp³-hybridized carbons (Fsp3) is 0.214. The fourth-order valence-electron chi connectivity index (χ4n) is 1.55. The number of nitrogens with one attached hydrogen (secondary N) is 1. The Bertz CT molecular complexity index is 526. The molecule has 5 heteroatoms. The van der Waals surface area contributed by atoms with Gasteiger partial charge >= 0.3 is 0 Å². The minimum atomic E-state index is -0.0164. The van der Waals surface area contributed by atoms with Crippen LogP contribution in [0.1, 0.15) is 11.3 Å². The molecular weight excluding hydrogens is 260 g/mol. The van der Waals surface area contributed by atoms with E-state index in [0.29, 0.717) is 31.0 Å². The highest BCUT2D eigenvalue weighted by molar-refractivity contribution is 7.09. The molecule has 1 aromatic heterocycles. The summed E-state index contributed by atoms with van der Waals surface area (Å²) in [5.41, 5.74) is 6.29. The summed E-state index contributed by atoms with van der Waals surface area (Å²) in [5.74, 6) is 0.670. The number of amides is 1. The number of hydrogen-bond donors (Lipinski definition) is 2. The van der Waals surface area contributed by atoms with Crippen LogP contribution in [-0.2, 0) is 11.3 Å². The summed E-state index contributed by atoms with van der Waals surface area (Å²) in [5, 5.41) is 4.84. The number of carbonyl (C=O) groups is 1. The van der Waals surface area contributed by atoms with Crippen LogP contribution in [0.3, 0.4) is 0 Å². The van der Waals surface area contributed by atoms with E-state index in [1.807, 2.05) is 29.6 Å². The second kappa shape index (κ2) is 6.80. The monoisotopic (exact) mass is 276 g/mol. The normalized spacial score (nSPS) is 10.1. The Hall–Kier alpha value is -2.01. The molecule has 0 aliphatic carbocycles. The van der Waals surface area contributed by atoms with Crippen molar-refractivity contribution in [1.82, 2.24) is 5.32 Å². The number of ether oxygens (including phenoxy) is 1. The van der Waals surface area contributed by atoms with Gasteiger partial charge in [0, 0.05) is 16.6 Å². The first-order chi connectivity index (χ1) is 9.24. The van der Waals surface area contributed by atoms with Gasteiger partial charge in [-0.15, -0.1) is 11.3 Å². The topological polar surface area (TPSA) is 64.3 Å². The highest BCUT2D eigenvalue weighted by Gasteiger charge is 2.02. The summed E-state index contributed by atoms with van der Waals surface area (Å²) < 4.78 is 5.46. The molecule has 0 aliphatic heterocycles. The van der Waals surface area contributed by atoms with Crippen molar-refractivity contribution < 1.29 is 9.53 Å². The SMILES string of the molecule is Nc1cccc(OCCC(=O)NCc2cccs2)c1. The largest absolute Gasteiger partial charge is 0.493 e. The summed E-state index contributed by atoms with van der Waals surface area (Å²) >= 11 is 1.63. The predicted octanol–water partition coefficient (Wildman–Crippen LogP) is 2.42. The maximum absolute atomic E-state index is 11.6. The van der Waals surface area contributed by atoms with Crippen molar-refractivity contribution >= 4 is 22.9 Å². The van der Waals surface area contributed by atoms with Crippen LogP contribution in [0.15, 0.2) is 41.8 Å². The number of rotatable bonds is 6. The molecule has 0 atom stereocenters. The van der Waals surface area contributed by atoms with Crippen LogP contribution in [-0.4, -0.2) is 12.5 Å². The lowest BCUT2D eigenvalue weighted by atomic mass is 10.3. The van der Waals surface area contributed by atoms with Crippen molar-refractivity contribution in [3.63, 3.8) is 0 Å². The van der Waals surface area contributed by atoms with Gasteiger partial charge in [0.25, 0.3) is 0 Å². The van der Waals surface area contributed by atoms with Crippen LogP contribution >= 0.6 is 11.3 Å². The minimum absolute atomic E-state index is 0.0164. The summed E-state index contributed by atoms with van der Waals surface area (Å²) in [7, 11) is 0. The third-order valence-corrected chi connectivity index (χ3v) is 3.37. The van der Waals surface area contributed by atoms with Crippen LogP contribution in [0.25, 0.3) is 0 Å². The second-order valence-corrected chi connectivity index (χ2v) is 5.06. The Balaban J connectivity index is 1.66. The van der Waals surface area contributed by atoms with E-state index >= 15 is 0 Å². The van der Waals surface area contributed by atoms with Gasteiger partial charge in [-0.2, -0.15) is 0 Å². The molecule has 0 unspecified atom stereocenters. The quantitative estimate of drug-likeness (QED) is 0.796. The first-order valence-electron chi connectivity index (χ1n) is 6.01. The number of hydrogen-bond acceptors (Lipinski definition) is 4. The van der Waals surface area contributed by atoms with Gasteiger partial charge in [0.1, 0.15) is 5.75 Å². The molecule has 2 aromatic rings. The van der Waals surface area contributed by atoms with Crippen molar-refractivity contribution in [2.75, 3.05) is 12.3 Å². The van der Waals surface area contributed by atoms with E-state index in [1.165, 1.54) is 0 Å². The van der Waals surface area contributed by atoms with Crippen LogP contribution < -0.4 is 15.8 Å². The maximum Gasteiger partial charge on any atom is 0.223 e. The van der Waals surface area contributed by atoms with Gasteiger partial charge < -0.3 is 15.8 Å². The summed E-state index contributed by atoms with van der Waals surface area (Å²) in [6.07, 6.45) is 0.334. The Morgan fingerprint density at radius 2 is 2.21 bits per heavy atom. The van der Waals surface area contributed by atoms with Gasteiger partial charge in [0.2, 0.25) is 5.91 Å². The second-order valence-electron chi connectivity index (χ2n) is 4.03. The number of benzene rings is 1.